The number of nitrogens with one attached hydrogen (secondary N) is 1. The Labute approximate surface area is 133 Å². The zero-order valence-corrected chi connectivity index (χ0v) is 13.7. The second-order valence-electron chi connectivity index (χ2n) is 6.43. The van der Waals surface area contributed by atoms with Crippen molar-refractivity contribution < 1.29 is 4.79 Å². The minimum Gasteiger partial charge on any atom is -0.339 e. The minimum atomic E-state index is 0. The molecule has 0 aromatic heterocycles. The third-order valence-corrected chi connectivity index (χ3v) is 4.86. The van der Waals surface area contributed by atoms with E-state index in [-0.39, 0.29) is 18.3 Å². The van der Waals surface area contributed by atoms with Crippen LogP contribution in [0.4, 0.5) is 0 Å². The Bertz CT molecular complexity index is 518. The van der Waals surface area contributed by atoms with Gasteiger partial charge in [0.05, 0.1) is 0 Å². The molecule has 0 bridgehead atoms. The van der Waals surface area contributed by atoms with Crippen molar-refractivity contribution in [3.05, 3.63) is 34.9 Å². The van der Waals surface area contributed by atoms with E-state index in [9.17, 15) is 4.79 Å². The number of benzene rings is 1. The average Bonchev–Trinajstić information content (AvgIpc) is 2.93. The maximum absolute atomic E-state index is 12.7. The number of hydrogen-bond donors (Lipinski definition) is 1. The SMILES string of the molecule is CC1CCCC(N(C)C(=O)c2ccc3c(c2)CNC3)C1.Cl. The van der Waals surface area contributed by atoms with E-state index < -0.39 is 0 Å². The lowest BCUT2D eigenvalue weighted by Gasteiger charge is -2.34. The highest BCUT2D eigenvalue weighted by atomic mass is 35.5. The largest absolute Gasteiger partial charge is 0.339 e. The molecule has 1 heterocycles. The van der Waals surface area contributed by atoms with Gasteiger partial charge in [-0.2, -0.15) is 0 Å². The third kappa shape index (κ3) is 3.41. The van der Waals surface area contributed by atoms with E-state index in [2.05, 4.69) is 24.4 Å². The maximum atomic E-state index is 12.7. The first-order valence-corrected chi connectivity index (χ1v) is 7.75. The highest BCUT2D eigenvalue weighted by Gasteiger charge is 2.26. The average molecular weight is 309 g/mol. The van der Waals surface area contributed by atoms with Crippen LogP contribution in [0, 0.1) is 5.92 Å². The number of halogens is 1. The molecule has 2 atom stereocenters. The summed E-state index contributed by atoms with van der Waals surface area (Å²) in [5.41, 5.74) is 3.45. The molecule has 0 saturated heterocycles. The minimum absolute atomic E-state index is 0. The van der Waals surface area contributed by atoms with Gasteiger partial charge in [0.2, 0.25) is 0 Å². The Hall–Kier alpha value is -1.06. The normalized spacial score (nSPS) is 24.1. The quantitative estimate of drug-likeness (QED) is 0.908. The Balaban J connectivity index is 0.00000161. The number of rotatable bonds is 2. The number of carbonyl (C=O) groups is 1. The molecule has 1 N–H and O–H groups in total. The van der Waals surface area contributed by atoms with Crippen LogP contribution >= 0.6 is 12.4 Å². The van der Waals surface area contributed by atoms with Crippen LogP contribution in [0.3, 0.4) is 0 Å². The summed E-state index contributed by atoms with van der Waals surface area (Å²) in [5, 5.41) is 3.33. The molecule has 1 aromatic rings. The van der Waals surface area contributed by atoms with Crippen molar-refractivity contribution in [1.29, 1.82) is 0 Å². The molecular formula is C17H25ClN2O. The summed E-state index contributed by atoms with van der Waals surface area (Å²) in [6, 6.07) is 6.56. The van der Waals surface area contributed by atoms with Crippen molar-refractivity contribution >= 4 is 18.3 Å². The van der Waals surface area contributed by atoms with Crippen molar-refractivity contribution in [1.82, 2.24) is 10.2 Å². The standard InChI is InChI=1S/C17H24N2O.ClH/c1-12-4-3-5-16(8-12)19(2)17(20)13-6-7-14-10-18-11-15(14)9-13;/h6-7,9,12,16,18H,3-5,8,10-11H2,1-2H3;1H. The molecule has 1 fully saturated rings. The van der Waals surface area contributed by atoms with Gasteiger partial charge in [-0.25, -0.2) is 0 Å². The molecule has 1 aromatic carbocycles. The van der Waals surface area contributed by atoms with E-state index in [0.717, 1.165) is 37.4 Å². The Morgan fingerprint density at radius 3 is 2.76 bits per heavy atom. The van der Waals surface area contributed by atoms with E-state index in [1.165, 1.54) is 24.0 Å². The van der Waals surface area contributed by atoms with Crippen LogP contribution in [0.2, 0.25) is 0 Å². The highest BCUT2D eigenvalue weighted by molar-refractivity contribution is 5.94. The van der Waals surface area contributed by atoms with Crippen LogP contribution < -0.4 is 5.32 Å². The van der Waals surface area contributed by atoms with Crippen LogP contribution in [0.25, 0.3) is 0 Å². The predicted octanol–water partition coefficient (Wildman–Crippen LogP) is 3.36. The molecule has 0 spiro atoms. The second-order valence-corrected chi connectivity index (χ2v) is 6.43. The molecule has 0 radical (unpaired) electrons. The Morgan fingerprint density at radius 2 is 2.00 bits per heavy atom. The molecule has 2 unspecified atom stereocenters. The van der Waals surface area contributed by atoms with E-state index in [0.29, 0.717) is 6.04 Å². The summed E-state index contributed by atoms with van der Waals surface area (Å²) in [6.07, 6.45) is 4.86. The van der Waals surface area contributed by atoms with Gasteiger partial charge in [0.1, 0.15) is 0 Å². The fourth-order valence-corrected chi connectivity index (χ4v) is 3.55. The van der Waals surface area contributed by atoms with Crippen molar-refractivity contribution in [2.24, 2.45) is 5.92 Å². The first kappa shape index (κ1) is 16.3. The highest BCUT2D eigenvalue weighted by Crippen LogP contribution is 2.28. The van der Waals surface area contributed by atoms with Gasteiger partial charge in [0.25, 0.3) is 5.91 Å². The first-order chi connectivity index (χ1) is 9.65. The van der Waals surface area contributed by atoms with E-state index >= 15 is 0 Å². The molecule has 1 saturated carbocycles. The molecule has 3 nitrogen and oxygen atoms in total. The van der Waals surface area contributed by atoms with Crippen LogP contribution in [0.15, 0.2) is 18.2 Å². The second kappa shape index (κ2) is 6.80. The number of carbonyl (C=O) groups excluding carboxylic acids is 1. The number of amides is 1. The number of nitrogens with zero attached hydrogens (tertiary/aromatic N) is 1. The third-order valence-electron chi connectivity index (χ3n) is 4.86. The first-order valence-electron chi connectivity index (χ1n) is 7.75. The van der Waals surface area contributed by atoms with Crippen molar-refractivity contribution in [3.8, 4) is 0 Å². The van der Waals surface area contributed by atoms with Crippen LogP contribution in [-0.4, -0.2) is 23.9 Å². The predicted molar refractivity (Wildman–Crippen MR) is 87.7 cm³/mol. The van der Waals surface area contributed by atoms with Gasteiger partial charge in [-0.1, -0.05) is 25.8 Å². The van der Waals surface area contributed by atoms with Gasteiger partial charge in [0, 0.05) is 31.7 Å². The summed E-state index contributed by atoms with van der Waals surface area (Å²) in [5.74, 6) is 0.923. The molecule has 1 amide bonds. The molecule has 3 rings (SSSR count). The van der Waals surface area contributed by atoms with Crippen LogP contribution in [0.5, 0.6) is 0 Å². The fourth-order valence-electron chi connectivity index (χ4n) is 3.55. The van der Waals surface area contributed by atoms with Crippen LogP contribution in [-0.2, 0) is 13.1 Å². The maximum Gasteiger partial charge on any atom is 0.253 e. The van der Waals surface area contributed by atoms with E-state index in [4.69, 9.17) is 0 Å². The van der Waals surface area contributed by atoms with Gasteiger partial charge in [0.15, 0.2) is 0 Å². The van der Waals surface area contributed by atoms with Gasteiger partial charge >= 0.3 is 0 Å². The lowest BCUT2D eigenvalue weighted by atomic mass is 9.86. The van der Waals surface area contributed by atoms with Gasteiger partial charge in [-0.15, -0.1) is 12.4 Å². The smallest absolute Gasteiger partial charge is 0.253 e. The molecule has 116 valence electrons. The van der Waals surface area contributed by atoms with E-state index in [1.807, 2.05) is 18.0 Å². The van der Waals surface area contributed by atoms with Crippen molar-refractivity contribution in [2.75, 3.05) is 7.05 Å². The summed E-state index contributed by atoms with van der Waals surface area (Å²) in [6.45, 7) is 4.12. The molecule has 2 aliphatic rings. The zero-order valence-electron chi connectivity index (χ0n) is 12.9. The fraction of sp³-hybridized carbons (Fsp3) is 0.588. The van der Waals surface area contributed by atoms with Gasteiger partial charge in [-0.05, 0) is 42.0 Å². The van der Waals surface area contributed by atoms with E-state index in [1.54, 1.807) is 0 Å². The number of fused-ring (bicyclic) bond motifs is 1. The van der Waals surface area contributed by atoms with Crippen molar-refractivity contribution in [2.45, 2.75) is 51.7 Å². The molecule has 4 heteroatoms. The van der Waals surface area contributed by atoms with Crippen molar-refractivity contribution in [3.63, 3.8) is 0 Å². The lowest BCUT2D eigenvalue weighted by Crippen LogP contribution is -2.39. The summed E-state index contributed by atoms with van der Waals surface area (Å²) >= 11 is 0. The topological polar surface area (TPSA) is 32.3 Å². The van der Waals surface area contributed by atoms with Crippen LogP contribution in [0.1, 0.15) is 54.1 Å². The molecule has 1 aliphatic heterocycles. The summed E-state index contributed by atoms with van der Waals surface area (Å²) < 4.78 is 0. The molecule has 21 heavy (non-hydrogen) atoms. The Kier molecular flexibility index (Phi) is 5.28. The summed E-state index contributed by atoms with van der Waals surface area (Å²) in [7, 11) is 1.97. The molecular weight excluding hydrogens is 284 g/mol. The zero-order chi connectivity index (χ0) is 14.1. The monoisotopic (exact) mass is 308 g/mol. The van der Waals surface area contributed by atoms with Gasteiger partial charge in [-0.3, -0.25) is 4.79 Å². The number of hydrogen-bond acceptors (Lipinski definition) is 2. The summed E-state index contributed by atoms with van der Waals surface area (Å²) in [4.78, 5) is 14.6. The lowest BCUT2D eigenvalue weighted by molar-refractivity contribution is 0.0672. The molecule has 1 aliphatic carbocycles. The Morgan fingerprint density at radius 1 is 1.24 bits per heavy atom. The van der Waals surface area contributed by atoms with Gasteiger partial charge < -0.3 is 10.2 Å².